The first-order valence-electron chi connectivity index (χ1n) is 4.01. The van der Waals surface area contributed by atoms with Gasteiger partial charge in [-0.25, -0.2) is 0 Å². The second-order valence-corrected chi connectivity index (χ2v) is 3.13. The molecule has 1 fully saturated rings. The van der Waals surface area contributed by atoms with E-state index >= 15 is 0 Å². The first-order valence-corrected chi connectivity index (χ1v) is 4.41. The van der Waals surface area contributed by atoms with E-state index in [0.29, 0.717) is 10.8 Å². The fourth-order valence-electron chi connectivity index (χ4n) is 1.09. The van der Waals surface area contributed by atoms with Crippen LogP contribution in [0.5, 0.6) is 0 Å². The molecular weight excluding hydrogens is 198 g/mol. The molecule has 1 saturated heterocycles. The zero-order valence-electron chi connectivity index (χ0n) is 7.15. The van der Waals surface area contributed by atoms with Crippen molar-refractivity contribution in [1.29, 1.82) is 0 Å². The molecule has 1 aromatic rings. The van der Waals surface area contributed by atoms with E-state index in [2.05, 4.69) is 15.6 Å². The van der Waals surface area contributed by atoms with Gasteiger partial charge in [-0.15, -0.1) is 0 Å². The van der Waals surface area contributed by atoms with Crippen molar-refractivity contribution in [2.24, 2.45) is 0 Å². The quantitative estimate of drug-likeness (QED) is 0.515. The Labute approximate surface area is 86.0 Å². The average Bonchev–Trinajstić information content (AvgIpc) is 2.47. The van der Waals surface area contributed by atoms with E-state index in [1.54, 1.807) is 12.3 Å². The Hall–Kier alpha value is -1.75. The van der Waals surface area contributed by atoms with Crippen molar-refractivity contribution in [3.05, 3.63) is 35.8 Å². The number of aromatic nitrogens is 1. The predicted molar refractivity (Wildman–Crippen MR) is 56.1 cm³/mol. The summed E-state index contributed by atoms with van der Waals surface area (Å²) in [6.07, 6.45) is 3.31. The number of hydrogen-bond acceptors (Lipinski definition) is 3. The van der Waals surface area contributed by atoms with Crippen LogP contribution in [0, 0.1) is 0 Å². The lowest BCUT2D eigenvalue weighted by molar-refractivity contribution is -0.115. The summed E-state index contributed by atoms with van der Waals surface area (Å²) in [7, 11) is 0. The number of carbonyl (C=O) groups is 1. The molecule has 2 rings (SSSR count). The summed E-state index contributed by atoms with van der Waals surface area (Å²) in [6, 6.07) is 5.47. The molecule has 0 bridgehead atoms. The van der Waals surface area contributed by atoms with E-state index in [4.69, 9.17) is 12.2 Å². The van der Waals surface area contributed by atoms with Gasteiger partial charge in [-0.2, -0.15) is 0 Å². The second kappa shape index (κ2) is 3.55. The van der Waals surface area contributed by atoms with Crippen molar-refractivity contribution in [3.63, 3.8) is 0 Å². The fraction of sp³-hybridized carbons (Fsp3) is 0. The number of hydrogen-bond donors (Lipinski definition) is 2. The Balaban J connectivity index is 2.28. The number of amides is 1. The van der Waals surface area contributed by atoms with E-state index < -0.39 is 0 Å². The van der Waals surface area contributed by atoms with Crippen LogP contribution in [-0.4, -0.2) is 16.0 Å². The number of carbonyl (C=O) groups excluding carboxylic acids is 1. The standard InChI is InChI=1S/C9H7N3OS/c13-8-7(11-9(14)12-8)5-6-3-1-2-4-10-6/h1-5H,(H2,11,12,13,14). The van der Waals surface area contributed by atoms with Crippen LogP contribution in [-0.2, 0) is 4.79 Å². The van der Waals surface area contributed by atoms with Gasteiger partial charge in [0.05, 0.1) is 5.69 Å². The molecular formula is C9H7N3OS. The third-order valence-corrected chi connectivity index (χ3v) is 1.90. The van der Waals surface area contributed by atoms with Crippen molar-refractivity contribution < 1.29 is 4.79 Å². The van der Waals surface area contributed by atoms with Gasteiger partial charge >= 0.3 is 0 Å². The van der Waals surface area contributed by atoms with Crippen LogP contribution in [0.1, 0.15) is 5.69 Å². The maximum Gasteiger partial charge on any atom is 0.273 e. The van der Waals surface area contributed by atoms with E-state index in [-0.39, 0.29) is 5.91 Å². The summed E-state index contributed by atoms with van der Waals surface area (Å²) in [5, 5.41) is 5.55. The van der Waals surface area contributed by atoms with Crippen molar-refractivity contribution >= 4 is 29.3 Å². The fourth-order valence-corrected chi connectivity index (χ4v) is 1.29. The minimum Gasteiger partial charge on any atom is -0.328 e. The lowest BCUT2D eigenvalue weighted by Gasteiger charge is -1.94. The van der Waals surface area contributed by atoms with Crippen LogP contribution in [0.15, 0.2) is 30.1 Å². The molecule has 0 radical (unpaired) electrons. The van der Waals surface area contributed by atoms with Crippen LogP contribution in [0.25, 0.3) is 6.08 Å². The Morgan fingerprint density at radius 1 is 1.36 bits per heavy atom. The molecule has 2 heterocycles. The number of thiocarbonyl (C=S) groups is 1. The molecule has 70 valence electrons. The van der Waals surface area contributed by atoms with Crippen LogP contribution in [0.3, 0.4) is 0 Å². The lowest BCUT2D eigenvalue weighted by atomic mass is 10.3. The summed E-state index contributed by atoms with van der Waals surface area (Å²) >= 11 is 4.79. The van der Waals surface area contributed by atoms with Crippen molar-refractivity contribution in [2.45, 2.75) is 0 Å². The van der Waals surface area contributed by atoms with Gasteiger partial charge in [0.2, 0.25) is 0 Å². The Kier molecular flexibility index (Phi) is 2.24. The molecule has 1 aliphatic rings. The first kappa shape index (κ1) is 8.83. The third-order valence-electron chi connectivity index (χ3n) is 1.70. The molecule has 0 spiro atoms. The van der Waals surface area contributed by atoms with Gasteiger partial charge < -0.3 is 5.32 Å². The Morgan fingerprint density at radius 3 is 2.79 bits per heavy atom. The summed E-state index contributed by atoms with van der Waals surface area (Å²) in [5.74, 6) is -0.222. The largest absolute Gasteiger partial charge is 0.328 e. The zero-order chi connectivity index (χ0) is 9.97. The SMILES string of the molecule is O=C1NC(=S)NC1=Cc1ccccn1. The molecule has 0 atom stereocenters. The molecule has 0 saturated carbocycles. The number of nitrogens with zero attached hydrogens (tertiary/aromatic N) is 1. The maximum atomic E-state index is 11.2. The van der Waals surface area contributed by atoms with Crippen LogP contribution >= 0.6 is 12.2 Å². The van der Waals surface area contributed by atoms with E-state index in [1.807, 2.05) is 18.2 Å². The highest BCUT2D eigenvalue weighted by Crippen LogP contribution is 2.04. The van der Waals surface area contributed by atoms with Gasteiger partial charge in [0, 0.05) is 6.20 Å². The molecule has 1 amide bonds. The van der Waals surface area contributed by atoms with Crippen molar-refractivity contribution in [1.82, 2.24) is 15.6 Å². The Bertz CT molecular complexity index is 413. The molecule has 5 heteroatoms. The van der Waals surface area contributed by atoms with Gasteiger partial charge in [-0.3, -0.25) is 15.1 Å². The van der Waals surface area contributed by atoms with Crippen molar-refractivity contribution in [3.8, 4) is 0 Å². The summed E-state index contributed by atoms with van der Waals surface area (Å²) in [4.78, 5) is 15.3. The summed E-state index contributed by atoms with van der Waals surface area (Å²) < 4.78 is 0. The highest BCUT2D eigenvalue weighted by atomic mass is 32.1. The van der Waals surface area contributed by atoms with Gasteiger partial charge in [-0.05, 0) is 30.4 Å². The second-order valence-electron chi connectivity index (χ2n) is 2.72. The Morgan fingerprint density at radius 2 is 2.21 bits per heavy atom. The third kappa shape index (κ3) is 1.77. The first-order chi connectivity index (χ1) is 6.75. The van der Waals surface area contributed by atoms with E-state index in [1.165, 1.54) is 0 Å². The van der Waals surface area contributed by atoms with E-state index in [9.17, 15) is 4.79 Å². The van der Waals surface area contributed by atoms with Gasteiger partial charge in [-0.1, -0.05) is 6.07 Å². The average molecular weight is 205 g/mol. The van der Waals surface area contributed by atoms with Crippen molar-refractivity contribution in [2.75, 3.05) is 0 Å². The van der Waals surface area contributed by atoms with Crippen LogP contribution < -0.4 is 10.6 Å². The zero-order valence-corrected chi connectivity index (χ0v) is 7.97. The number of nitrogens with one attached hydrogen (secondary N) is 2. The van der Waals surface area contributed by atoms with Crippen LogP contribution in [0.4, 0.5) is 0 Å². The topological polar surface area (TPSA) is 54.0 Å². The number of rotatable bonds is 1. The molecule has 0 aromatic carbocycles. The van der Waals surface area contributed by atoms with Gasteiger partial charge in [0.1, 0.15) is 5.70 Å². The molecule has 4 nitrogen and oxygen atoms in total. The molecule has 0 aliphatic carbocycles. The number of pyridine rings is 1. The van der Waals surface area contributed by atoms with Gasteiger partial charge in [0.15, 0.2) is 5.11 Å². The smallest absolute Gasteiger partial charge is 0.273 e. The monoisotopic (exact) mass is 205 g/mol. The van der Waals surface area contributed by atoms with Crippen LogP contribution in [0.2, 0.25) is 0 Å². The minimum absolute atomic E-state index is 0.222. The maximum absolute atomic E-state index is 11.2. The minimum atomic E-state index is -0.222. The summed E-state index contributed by atoms with van der Waals surface area (Å²) in [6.45, 7) is 0. The van der Waals surface area contributed by atoms with Gasteiger partial charge in [0.25, 0.3) is 5.91 Å². The molecule has 1 aromatic heterocycles. The lowest BCUT2D eigenvalue weighted by Crippen LogP contribution is -2.21. The van der Waals surface area contributed by atoms with E-state index in [0.717, 1.165) is 5.69 Å². The normalized spacial score (nSPS) is 18.1. The molecule has 1 aliphatic heterocycles. The molecule has 14 heavy (non-hydrogen) atoms. The summed E-state index contributed by atoms with van der Waals surface area (Å²) in [5.41, 5.74) is 1.14. The molecule has 0 unspecified atom stereocenters. The molecule has 2 N–H and O–H groups in total. The highest BCUT2D eigenvalue weighted by Gasteiger charge is 2.19. The highest BCUT2D eigenvalue weighted by molar-refractivity contribution is 7.80. The predicted octanol–water partition coefficient (Wildman–Crippen LogP) is 0.427.